The summed E-state index contributed by atoms with van der Waals surface area (Å²) in [5.41, 5.74) is 3.33. The second-order valence-electron chi connectivity index (χ2n) is 5.72. The minimum Gasteiger partial charge on any atom is -0.465 e. The van der Waals surface area contributed by atoms with Crippen molar-refractivity contribution in [1.82, 2.24) is 4.57 Å². The molecule has 3 rings (SSSR count). The minimum absolute atomic E-state index is 0.304. The first-order chi connectivity index (χ1) is 12.6. The molecule has 0 aliphatic carbocycles. The molecule has 3 aromatic rings. The second kappa shape index (κ2) is 7.27. The summed E-state index contributed by atoms with van der Waals surface area (Å²) in [6, 6.07) is 18.8. The summed E-state index contributed by atoms with van der Waals surface area (Å²) in [5, 5.41) is 0. The molecular formula is C21H19NO4. The molecule has 0 bridgehead atoms. The number of carbonyl (C=O) groups is 2. The van der Waals surface area contributed by atoms with E-state index in [0.29, 0.717) is 22.5 Å². The van der Waals surface area contributed by atoms with Crippen LogP contribution >= 0.6 is 0 Å². The normalized spacial score (nSPS) is 10.4. The Bertz CT molecular complexity index is 866. The quantitative estimate of drug-likeness (QED) is 0.668. The van der Waals surface area contributed by atoms with Crippen molar-refractivity contribution in [2.75, 3.05) is 14.2 Å². The van der Waals surface area contributed by atoms with Crippen LogP contribution in [0.25, 0.3) is 16.9 Å². The van der Waals surface area contributed by atoms with E-state index < -0.39 is 11.9 Å². The molecule has 5 heteroatoms. The highest BCUT2D eigenvalue weighted by Crippen LogP contribution is 2.35. The number of hydrogen-bond acceptors (Lipinski definition) is 4. The van der Waals surface area contributed by atoms with E-state index in [1.165, 1.54) is 14.2 Å². The predicted molar refractivity (Wildman–Crippen MR) is 98.6 cm³/mol. The van der Waals surface area contributed by atoms with Crippen molar-refractivity contribution in [2.45, 2.75) is 6.92 Å². The fourth-order valence-electron chi connectivity index (χ4n) is 3.08. The highest BCUT2D eigenvalue weighted by molar-refractivity contribution is 6.04. The third-order valence-corrected chi connectivity index (χ3v) is 4.24. The lowest BCUT2D eigenvalue weighted by Gasteiger charge is -2.13. The number of methoxy groups -OCH3 is 2. The SMILES string of the molecule is COC(=O)c1c(C)c(C(=O)OC)n(-c2ccccc2)c1-c1ccccc1. The molecule has 0 fully saturated rings. The summed E-state index contributed by atoms with van der Waals surface area (Å²) in [7, 11) is 2.65. The Balaban J connectivity index is 2.46. The van der Waals surface area contributed by atoms with Crippen LogP contribution in [0, 0.1) is 6.92 Å². The van der Waals surface area contributed by atoms with Crippen LogP contribution in [0.2, 0.25) is 0 Å². The number of para-hydroxylation sites is 1. The Labute approximate surface area is 151 Å². The van der Waals surface area contributed by atoms with Crippen molar-refractivity contribution in [1.29, 1.82) is 0 Å². The van der Waals surface area contributed by atoms with Crippen molar-refractivity contribution >= 4 is 11.9 Å². The van der Waals surface area contributed by atoms with E-state index in [1.807, 2.05) is 60.7 Å². The number of rotatable bonds is 4. The maximum absolute atomic E-state index is 12.5. The molecule has 1 heterocycles. The van der Waals surface area contributed by atoms with Crippen LogP contribution in [0.1, 0.15) is 26.4 Å². The molecule has 1 aromatic heterocycles. The van der Waals surface area contributed by atoms with Gasteiger partial charge in [-0.05, 0) is 30.2 Å². The lowest BCUT2D eigenvalue weighted by molar-refractivity contribution is 0.0590. The summed E-state index contributed by atoms with van der Waals surface area (Å²) >= 11 is 0. The van der Waals surface area contributed by atoms with Gasteiger partial charge in [-0.1, -0.05) is 48.5 Å². The first-order valence-electron chi connectivity index (χ1n) is 8.13. The van der Waals surface area contributed by atoms with Crippen LogP contribution in [0.15, 0.2) is 60.7 Å². The standard InChI is InChI=1S/C21H19NO4/c1-14-17(20(23)25-2)19(15-10-6-4-7-11-15)22(18(14)21(24)26-3)16-12-8-5-9-13-16/h4-13H,1-3H3. The molecule has 0 N–H and O–H groups in total. The molecule has 0 saturated carbocycles. The molecule has 0 aliphatic rings. The van der Waals surface area contributed by atoms with E-state index >= 15 is 0 Å². The van der Waals surface area contributed by atoms with Crippen LogP contribution in [0.5, 0.6) is 0 Å². The van der Waals surface area contributed by atoms with Gasteiger partial charge >= 0.3 is 11.9 Å². The molecule has 26 heavy (non-hydrogen) atoms. The topological polar surface area (TPSA) is 57.5 Å². The third kappa shape index (κ3) is 2.88. The summed E-state index contributed by atoms with van der Waals surface area (Å²) in [5.74, 6) is -1.01. The monoisotopic (exact) mass is 349 g/mol. The lowest BCUT2D eigenvalue weighted by Crippen LogP contribution is -2.11. The van der Waals surface area contributed by atoms with E-state index in [-0.39, 0.29) is 0 Å². The van der Waals surface area contributed by atoms with Crippen LogP contribution < -0.4 is 0 Å². The van der Waals surface area contributed by atoms with Crippen LogP contribution in [-0.2, 0) is 9.47 Å². The average Bonchev–Trinajstić information content (AvgIpc) is 3.01. The second-order valence-corrected chi connectivity index (χ2v) is 5.72. The van der Waals surface area contributed by atoms with Crippen molar-refractivity contribution in [3.63, 3.8) is 0 Å². The first-order valence-corrected chi connectivity index (χ1v) is 8.13. The molecule has 0 saturated heterocycles. The Kier molecular flexibility index (Phi) is 4.89. The number of benzene rings is 2. The van der Waals surface area contributed by atoms with Gasteiger partial charge in [0, 0.05) is 5.69 Å². The largest absolute Gasteiger partial charge is 0.465 e. The van der Waals surface area contributed by atoms with E-state index in [9.17, 15) is 9.59 Å². The Morgan fingerprint density at radius 1 is 0.808 bits per heavy atom. The Morgan fingerprint density at radius 2 is 1.35 bits per heavy atom. The van der Waals surface area contributed by atoms with Gasteiger partial charge in [0.1, 0.15) is 5.69 Å². The van der Waals surface area contributed by atoms with Crippen LogP contribution in [-0.4, -0.2) is 30.7 Å². The summed E-state index contributed by atoms with van der Waals surface area (Å²) in [6.45, 7) is 1.73. The van der Waals surface area contributed by atoms with Gasteiger partial charge in [0.2, 0.25) is 0 Å². The Hall–Kier alpha value is -3.34. The smallest absolute Gasteiger partial charge is 0.355 e. The summed E-state index contributed by atoms with van der Waals surface area (Å²) in [4.78, 5) is 25.1. The van der Waals surface area contributed by atoms with Gasteiger partial charge in [0.15, 0.2) is 0 Å². The van der Waals surface area contributed by atoms with Gasteiger partial charge in [-0.25, -0.2) is 9.59 Å². The number of hydrogen-bond donors (Lipinski definition) is 0. The zero-order valence-corrected chi connectivity index (χ0v) is 14.9. The number of esters is 2. The maximum Gasteiger partial charge on any atom is 0.355 e. The van der Waals surface area contributed by atoms with Crippen LogP contribution in [0.4, 0.5) is 0 Å². The molecule has 132 valence electrons. The van der Waals surface area contributed by atoms with Crippen molar-refractivity contribution in [3.8, 4) is 16.9 Å². The van der Waals surface area contributed by atoms with E-state index in [2.05, 4.69) is 0 Å². The third-order valence-electron chi connectivity index (χ3n) is 4.24. The molecule has 5 nitrogen and oxygen atoms in total. The maximum atomic E-state index is 12.5. The van der Waals surface area contributed by atoms with Gasteiger partial charge in [-0.2, -0.15) is 0 Å². The number of ether oxygens (including phenoxy) is 2. The molecule has 2 aromatic carbocycles. The van der Waals surface area contributed by atoms with Gasteiger partial charge in [0.25, 0.3) is 0 Å². The Morgan fingerprint density at radius 3 is 1.88 bits per heavy atom. The van der Waals surface area contributed by atoms with E-state index in [1.54, 1.807) is 11.5 Å². The highest BCUT2D eigenvalue weighted by atomic mass is 16.5. The average molecular weight is 349 g/mol. The van der Waals surface area contributed by atoms with Crippen molar-refractivity contribution in [2.24, 2.45) is 0 Å². The van der Waals surface area contributed by atoms with Crippen molar-refractivity contribution < 1.29 is 19.1 Å². The minimum atomic E-state index is -0.515. The van der Waals surface area contributed by atoms with Gasteiger partial charge < -0.3 is 14.0 Å². The molecule has 0 spiro atoms. The molecule has 0 amide bonds. The molecule has 0 atom stereocenters. The van der Waals surface area contributed by atoms with E-state index in [0.717, 1.165) is 11.3 Å². The number of nitrogens with zero attached hydrogens (tertiary/aromatic N) is 1. The predicted octanol–water partition coefficient (Wildman–Crippen LogP) is 4.03. The number of aromatic nitrogens is 1. The summed E-state index contributed by atoms with van der Waals surface area (Å²) < 4.78 is 11.7. The zero-order chi connectivity index (χ0) is 18.7. The fourth-order valence-corrected chi connectivity index (χ4v) is 3.08. The lowest BCUT2D eigenvalue weighted by atomic mass is 10.0. The summed E-state index contributed by atoms with van der Waals surface area (Å²) in [6.07, 6.45) is 0. The molecule has 0 aliphatic heterocycles. The van der Waals surface area contributed by atoms with Gasteiger partial charge in [0.05, 0.1) is 25.5 Å². The zero-order valence-electron chi connectivity index (χ0n) is 14.9. The number of carbonyl (C=O) groups excluding carboxylic acids is 2. The fraction of sp³-hybridized carbons (Fsp3) is 0.143. The molecule has 0 unspecified atom stereocenters. The van der Waals surface area contributed by atoms with Crippen LogP contribution in [0.3, 0.4) is 0 Å². The van der Waals surface area contributed by atoms with E-state index in [4.69, 9.17) is 9.47 Å². The first kappa shape index (κ1) is 17.5. The van der Waals surface area contributed by atoms with Crippen molar-refractivity contribution in [3.05, 3.63) is 77.5 Å². The highest BCUT2D eigenvalue weighted by Gasteiger charge is 2.30. The molecule has 0 radical (unpaired) electrons. The van der Waals surface area contributed by atoms with Gasteiger partial charge in [-0.15, -0.1) is 0 Å². The molecular weight excluding hydrogens is 330 g/mol. The van der Waals surface area contributed by atoms with Gasteiger partial charge in [-0.3, -0.25) is 0 Å².